The van der Waals surface area contributed by atoms with Gasteiger partial charge in [0, 0.05) is 13.1 Å². The number of sulfonamides is 1. The molecule has 1 saturated carbocycles. The average Bonchev–Trinajstić information content (AvgIpc) is 2.25. The fourth-order valence-corrected chi connectivity index (χ4v) is 3.62. The van der Waals surface area contributed by atoms with Gasteiger partial charge >= 0.3 is 5.97 Å². The van der Waals surface area contributed by atoms with Crippen molar-refractivity contribution in [2.75, 3.05) is 13.1 Å². The normalized spacial score (nSPS) is 31.6. The molecule has 1 aliphatic heterocycles. The van der Waals surface area contributed by atoms with E-state index < -0.39 is 33.1 Å². The van der Waals surface area contributed by atoms with Crippen molar-refractivity contribution in [1.29, 1.82) is 0 Å². The number of nitrogens with two attached hydrogens (primary N) is 1. The highest BCUT2D eigenvalue weighted by molar-refractivity contribution is 7.89. The highest BCUT2D eigenvalue weighted by Crippen LogP contribution is 2.36. The van der Waals surface area contributed by atoms with Crippen LogP contribution in [0.2, 0.25) is 0 Å². The molecule has 0 spiro atoms. The molecular weight excluding hydrogens is 272 g/mol. The number of nitrogens with zero attached hydrogens (tertiary/aromatic N) is 1. The van der Waals surface area contributed by atoms with Crippen LogP contribution < -0.4 is 5.14 Å². The number of rotatable bonds is 3. The van der Waals surface area contributed by atoms with Crippen LogP contribution in [0, 0.1) is 11.8 Å². The fraction of sp³-hybridized carbons (Fsp3) is 0.818. The topological polar surface area (TPSA) is 118 Å². The third kappa shape index (κ3) is 2.89. The first kappa shape index (κ1) is 14.3. The molecule has 7 nitrogen and oxygen atoms in total. The van der Waals surface area contributed by atoms with Crippen LogP contribution in [0.3, 0.4) is 0 Å². The lowest BCUT2D eigenvalue weighted by Crippen LogP contribution is -2.52. The Balaban J connectivity index is 2.02. The van der Waals surface area contributed by atoms with E-state index in [9.17, 15) is 18.0 Å². The molecule has 2 rings (SSSR count). The van der Waals surface area contributed by atoms with Gasteiger partial charge in [-0.3, -0.25) is 9.59 Å². The van der Waals surface area contributed by atoms with Crippen LogP contribution in [-0.4, -0.2) is 48.6 Å². The largest absolute Gasteiger partial charge is 0.481 e. The molecule has 1 aliphatic carbocycles. The quantitative estimate of drug-likeness (QED) is 0.718. The van der Waals surface area contributed by atoms with Crippen molar-refractivity contribution in [2.24, 2.45) is 17.0 Å². The molecule has 0 aromatic rings. The highest BCUT2D eigenvalue weighted by atomic mass is 32.2. The van der Waals surface area contributed by atoms with Crippen molar-refractivity contribution in [3.05, 3.63) is 0 Å². The van der Waals surface area contributed by atoms with Crippen LogP contribution >= 0.6 is 0 Å². The van der Waals surface area contributed by atoms with Crippen LogP contribution in [0.25, 0.3) is 0 Å². The number of carbonyl (C=O) groups excluding carboxylic acids is 1. The zero-order valence-corrected chi connectivity index (χ0v) is 11.3. The minimum Gasteiger partial charge on any atom is -0.481 e. The van der Waals surface area contributed by atoms with Crippen LogP contribution in [-0.2, 0) is 19.6 Å². The van der Waals surface area contributed by atoms with E-state index in [0.29, 0.717) is 32.2 Å². The van der Waals surface area contributed by atoms with Crippen molar-refractivity contribution in [2.45, 2.75) is 30.9 Å². The second-order valence-corrected chi connectivity index (χ2v) is 7.11. The number of amides is 1. The van der Waals surface area contributed by atoms with Gasteiger partial charge in [0.1, 0.15) is 0 Å². The number of aliphatic carboxylic acids is 1. The van der Waals surface area contributed by atoms with Gasteiger partial charge in [-0.2, -0.15) is 0 Å². The summed E-state index contributed by atoms with van der Waals surface area (Å²) < 4.78 is 22.7. The molecule has 3 atom stereocenters. The second-order valence-electron chi connectivity index (χ2n) is 5.27. The van der Waals surface area contributed by atoms with Gasteiger partial charge < -0.3 is 10.0 Å². The molecular formula is C11H18N2O5S. The summed E-state index contributed by atoms with van der Waals surface area (Å²) in [6.07, 6.45) is 2.11. The number of carbonyl (C=O) groups is 2. The van der Waals surface area contributed by atoms with E-state index in [4.69, 9.17) is 10.2 Å². The van der Waals surface area contributed by atoms with Crippen molar-refractivity contribution < 1.29 is 23.1 Å². The number of likely N-dealkylation sites (tertiary alicyclic amines) is 1. The summed E-state index contributed by atoms with van der Waals surface area (Å²) in [5.74, 6) is -2.32. The van der Waals surface area contributed by atoms with E-state index in [1.165, 1.54) is 4.90 Å². The lowest BCUT2D eigenvalue weighted by atomic mass is 9.72. The maximum absolute atomic E-state index is 12.2. The molecule has 1 unspecified atom stereocenters. The van der Waals surface area contributed by atoms with Crippen molar-refractivity contribution in [1.82, 2.24) is 4.90 Å². The van der Waals surface area contributed by atoms with Gasteiger partial charge in [0.15, 0.2) is 0 Å². The standard InChI is InChI=1S/C11H18N2O5S/c12-19(17,18)7-2-1-5-13(6-7)10(14)8-3-4-9(8)11(15)16/h7-9H,1-6H2,(H,15,16)(H2,12,17,18)/t7?,8-,9-/m1/s1. The van der Waals surface area contributed by atoms with Crippen molar-refractivity contribution in [3.63, 3.8) is 0 Å². The Morgan fingerprint density at radius 1 is 1.16 bits per heavy atom. The van der Waals surface area contributed by atoms with Crippen molar-refractivity contribution in [3.8, 4) is 0 Å². The summed E-state index contributed by atoms with van der Waals surface area (Å²) in [6.45, 7) is 0.564. The van der Waals surface area contributed by atoms with E-state index >= 15 is 0 Å². The first-order chi connectivity index (χ1) is 8.80. The Labute approximate surface area is 111 Å². The molecule has 8 heteroatoms. The molecule has 2 aliphatic rings. The van der Waals surface area contributed by atoms with Crippen LogP contribution in [0.5, 0.6) is 0 Å². The first-order valence-electron chi connectivity index (χ1n) is 6.34. The maximum atomic E-state index is 12.2. The fourth-order valence-electron chi connectivity index (χ4n) is 2.73. The van der Waals surface area contributed by atoms with Gasteiger partial charge in [0.2, 0.25) is 15.9 Å². The number of carboxylic acids is 1. The molecule has 1 heterocycles. The van der Waals surface area contributed by atoms with Gasteiger partial charge in [0.05, 0.1) is 17.1 Å². The minimum atomic E-state index is -3.65. The predicted octanol–water partition coefficient (Wildman–Crippen LogP) is -0.623. The van der Waals surface area contributed by atoms with Crippen molar-refractivity contribution >= 4 is 21.9 Å². The van der Waals surface area contributed by atoms with Crippen LogP contribution in [0.4, 0.5) is 0 Å². The molecule has 108 valence electrons. The Kier molecular flexibility index (Phi) is 3.82. The van der Waals surface area contributed by atoms with E-state index in [1.54, 1.807) is 0 Å². The Morgan fingerprint density at radius 2 is 1.79 bits per heavy atom. The monoisotopic (exact) mass is 290 g/mol. The first-order valence-corrected chi connectivity index (χ1v) is 7.95. The number of piperidine rings is 1. The van der Waals surface area contributed by atoms with Gasteiger partial charge in [-0.05, 0) is 25.7 Å². The zero-order chi connectivity index (χ0) is 14.2. The van der Waals surface area contributed by atoms with Gasteiger partial charge in [0.25, 0.3) is 0 Å². The second kappa shape index (κ2) is 5.09. The summed E-state index contributed by atoms with van der Waals surface area (Å²) in [7, 11) is -3.65. The molecule has 0 radical (unpaired) electrons. The third-order valence-corrected chi connectivity index (χ3v) is 5.38. The lowest BCUT2D eigenvalue weighted by Gasteiger charge is -2.39. The number of hydrogen-bond acceptors (Lipinski definition) is 4. The molecule has 3 N–H and O–H groups in total. The van der Waals surface area contributed by atoms with E-state index in [2.05, 4.69) is 0 Å². The molecule has 1 amide bonds. The molecule has 19 heavy (non-hydrogen) atoms. The Morgan fingerprint density at radius 3 is 2.26 bits per heavy atom. The summed E-state index contributed by atoms with van der Waals surface area (Å²) in [4.78, 5) is 24.6. The van der Waals surface area contributed by atoms with Crippen LogP contribution in [0.15, 0.2) is 0 Å². The Bertz CT molecular complexity index is 489. The van der Waals surface area contributed by atoms with Gasteiger partial charge in [-0.15, -0.1) is 0 Å². The average molecular weight is 290 g/mol. The summed E-state index contributed by atoms with van der Waals surface area (Å²) in [6, 6.07) is 0. The van der Waals surface area contributed by atoms with E-state index in [1.807, 2.05) is 0 Å². The molecule has 0 aromatic heterocycles. The zero-order valence-electron chi connectivity index (χ0n) is 10.5. The van der Waals surface area contributed by atoms with Crippen LogP contribution in [0.1, 0.15) is 25.7 Å². The lowest BCUT2D eigenvalue weighted by molar-refractivity contribution is -0.157. The summed E-state index contributed by atoms with van der Waals surface area (Å²) >= 11 is 0. The van der Waals surface area contributed by atoms with Gasteiger partial charge in [-0.1, -0.05) is 0 Å². The maximum Gasteiger partial charge on any atom is 0.307 e. The highest BCUT2D eigenvalue weighted by Gasteiger charge is 2.44. The predicted molar refractivity (Wildman–Crippen MR) is 66.6 cm³/mol. The molecule has 2 fully saturated rings. The third-order valence-electron chi connectivity index (χ3n) is 4.06. The van der Waals surface area contributed by atoms with E-state index in [0.717, 1.165) is 0 Å². The number of hydrogen-bond donors (Lipinski definition) is 2. The smallest absolute Gasteiger partial charge is 0.307 e. The van der Waals surface area contributed by atoms with E-state index in [-0.39, 0.29) is 12.5 Å². The SMILES string of the molecule is NS(=O)(=O)C1CCCN(C(=O)[C@@H]2CC[C@H]2C(=O)O)C1. The summed E-state index contributed by atoms with van der Waals surface area (Å²) in [5, 5.41) is 13.3. The number of carboxylic acid groups (broad SMARTS) is 1. The molecule has 0 aromatic carbocycles. The Hall–Kier alpha value is -1.15. The summed E-state index contributed by atoms with van der Waals surface area (Å²) in [5.41, 5.74) is 0. The molecule has 1 saturated heterocycles. The molecule has 0 bridgehead atoms. The minimum absolute atomic E-state index is 0.0838. The van der Waals surface area contributed by atoms with Gasteiger partial charge in [-0.25, -0.2) is 13.6 Å². The number of primary sulfonamides is 1.